The molecule has 0 radical (unpaired) electrons. The maximum Gasteiger partial charge on any atom is 0.411 e. The van der Waals surface area contributed by atoms with Crippen molar-refractivity contribution in [1.29, 1.82) is 0 Å². The molecule has 0 saturated carbocycles. The first-order valence-corrected chi connectivity index (χ1v) is 22.1. The van der Waals surface area contributed by atoms with E-state index in [4.69, 9.17) is 14.2 Å². The van der Waals surface area contributed by atoms with E-state index in [1.165, 1.54) is 19.1 Å². The molecule has 16 heteroatoms. The van der Waals surface area contributed by atoms with Crippen LogP contribution < -0.4 is 15.1 Å². The number of carboxylic acid groups (broad SMARTS) is 1. The van der Waals surface area contributed by atoms with Crippen LogP contribution in [0.2, 0.25) is 0 Å². The summed E-state index contributed by atoms with van der Waals surface area (Å²) >= 11 is 0. The number of carbonyl (C=O) groups is 4. The molecule has 6 aromatic rings. The number of carbonyl (C=O) groups excluding carboxylic acids is 3. The Balaban J connectivity index is 0.000000197. The van der Waals surface area contributed by atoms with E-state index >= 15 is 0 Å². The third-order valence-corrected chi connectivity index (χ3v) is 10.9. The van der Waals surface area contributed by atoms with Gasteiger partial charge in [-0.05, 0) is 70.0 Å². The molecule has 2 saturated heterocycles. The molecule has 360 valence electrons. The summed E-state index contributed by atoms with van der Waals surface area (Å²) in [5.41, 5.74) is 4.73. The fourth-order valence-electron chi connectivity index (χ4n) is 7.84. The first-order valence-electron chi connectivity index (χ1n) is 22.1. The Kier molecular flexibility index (Phi) is 18.1. The van der Waals surface area contributed by atoms with Crippen LogP contribution >= 0.6 is 0 Å². The number of methoxy groups -OCH3 is 2. The number of esters is 2. The highest BCUT2D eigenvalue weighted by Gasteiger charge is 2.39. The smallest absolute Gasteiger partial charge is 0.411 e. The van der Waals surface area contributed by atoms with Crippen LogP contribution in [0.15, 0.2) is 133 Å². The molecule has 0 spiro atoms. The minimum Gasteiger partial charge on any atom is -0.481 e. The normalized spacial score (nSPS) is 15.7. The number of nitrogens with zero attached hydrogens (tertiary/aromatic N) is 7. The highest BCUT2D eigenvalue weighted by atomic mass is 16.6. The van der Waals surface area contributed by atoms with Crippen molar-refractivity contribution in [3.63, 3.8) is 0 Å². The minimum atomic E-state index is -0.822. The molecule has 2 aliphatic heterocycles. The molecule has 0 unspecified atom stereocenters. The van der Waals surface area contributed by atoms with E-state index in [-0.39, 0.29) is 19.4 Å². The Morgan fingerprint density at radius 2 is 1.09 bits per heavy atom. The SMILES string of the molecule is C.COC(=O)[C@@H]1CN(c2cc(C)nn2-c2ccccc2)CCN1.COC(=O)[C@@H]1CN(c2cc(C)nn2-c2ccccc2)CCN1C(=O)OC(C)(C)C.O=C(O)C(c1ccccc1)c1ccccc1. The maximum absolute atomic E-state index is 12.6. The van der Waals surface area contributed by atoms with Crippen LogP contribution in [0.5, 0.6) is 0 Å². The van der Waals surface area contributed by atoms with E-state index in [1.807, 2.05) is 157 Å². The Bertz CT molecular complexity index is 2510. The van der Waals surface area contributed by atoms with Gasteiger partial charge in [-0.3, -0.25) is 14.5 Å². The van der Waals surface area contributed by atoms with E-state index < -0.39 is 35.6 Å². The number of hydrogen-bond donors (Lipinski definition) is 2. The van der Waals surface area contributed by atoms with Gasteiger partial charge < -0.3 is 34.4 Å². The van der Waals surface area contributed by atoms with Gasteiger partial charge in [0.2, 0.25) is 0 Å². The molecule has 4 heterocycles. The number of anilines is 2. The summed E-state index contributed by atoms with van der Waals surface area (Å²) in [6.07, 6.45) is -0.514. The molecule has 2 aromatic heterocycles. The quantitative estimate of drug-likeness (QED) is 0.108. The molecule has 16 nitrogen and oxygen atoms in total. The van der Waals surface area contributed by atoms with E-state index in [0.717, 1.165) is 58.6 Å². The lowest BCUT2D eigenvalue weighted by Gasteiger charge is -2.40. The molecule has 2 N–H and O–H groups in total. The molecule has 0 bridgehead atoms. The van der Waals surface area contributed by atoms with Gasteiger partial charge >= 0.3 is 24.0 Å². The lowest BCUT2D eigenvalue weighted by molar-refractivity contribution is -0.147. The second kappa shape index (κ2) is 23.8. The number of aromatic nitrogens is 4. The summed E-state index contributed by atoms with van der Waals surface area (Å²) in [6, 6.07) is 41.3. The van der Waals surface area contributed by atoms with Gasteiger partial charge in [0.05, 0.1) is 43.5 Å². The van der Waals surface area contributed by atoms with Crippen LogP contribution in [0.4, 0.5) is 16.4 Å². The summed E-state index contributed by atoms with van der Waals surface area (Å²) in [5, 5.41) is 21.7. The van der Waals surface area contributed by atoms with Gasteiger partial charge in [-0.2, -0.15) is 10.2 Å². The zero-order valence-electron chi connectivity index (χ0n) is 39.1. The van der Waals surface area contributed by atoms with E-state index in [2.05, 4.69) is 25.3 Å². The Labute approximate surface area is 399 Å². The number of amides is 1. The van der Waals surface area contributed by atoms with Crippen molar-refractivity contribution in [1.82, 2.24) is 29.8 Å². The highest BCUT2D eigenvalue weighted by molar-refractivity contribution is 5.83. The monoisotopic (exact) mass is 928 g/mol. The number of aliphatic carboxylic acids is 1. The molecule has 68 heavy (non-hydrogen) atoms. The molecule has 2 aliphatic rings. The molecular formula is C52H64N8O8. The highest BCUT2D eigenvalue weighted by Crippen LogP contribution is 2.27. The fourth-order valence-corrected chi connectivity index (χ4v) is 7.84. The third kappa shape index (κ3) is 13.3. The largest absolute Gasteiger partial charge is 0.481 e. The second-order valence-electron chi connectivity index (χ2n) is 17.0. The Morgan fingerprint density at radius 1 is 0.647 bits per heavy atom. The standard InChI is InChI=1S/C21H28N4O4.C16H20N4O2.C14H12O2.CH4/c1-15-13-18(25(22-15)16-9-7-6-8-10-16)23-11-12-24(17(14-23)19(26)28-5)20(27)29-21(2,3)4;1-12-10-15(20(18-12)13-6-4-3-5-7-13)19-9-8-17-14(11-19)16(21)22-2;15-14(16)13(11-7-3-1-4-8-11)12-9-5-2-6-10-12;/h6-10,13,17H,11-12,14H2,1-5H3;3-7,10,14,17H,8-9,11H2,1-2H3;1-10,13H,(H,15,16);1H4/t17-;14-;;/m00../s1. The predicted molar refractivity (Wildman–Crippen MR) is 263 cm³/mol. The Hall–Kier alpha value is -7.46. The summed E-state index contributed by atoms with van der Waals surface area (Å²) < 4.78 is 19.1. The summed E-state index contributed by atoms with van der Waals surface area (Å²) in [5.74, 6) is -0.236. The number of ether oxygens (including phenoxy) is 3. The first kappa shape index (κ1) is 51.5. The molecule has 4 aromatic carbocycles. The van der Waals surface area contributed by atoms with Crippen molar-refractivity contribution in [2.45, 2.75) is 65.6 Å². The fraction of sp³-hybridized carbons (Fsp3) is 0.346. The number of nitrogens with one attached hydrogen (secondary N) is 1. The Morgan fingerprint density at radius 3 is 1.51 bits per heavy atom. The van der Waals surface area contributed by atoms with Crippen molar-refractivity contribution >= 4 is 35.6 Å². The number of benzene rings is 4. The number of piperazine rings is 2. The lowest BCUT2D eigenvalue weighted by Crippen LogP contribution is -2.59. The van der Waals surface area contributed by atoms with Gasteiger partial charge in [-0.25, -0.2) is 19.0 Å². The van der Waals surface area contributed by atoms with E-state index in [0.29, 0.717) is 26.2 Å². The summed E-state index contributed by atoms with van der Waals surface area (Å²) in [7, 11) is 2.74. The maximum atomic E-state index is 12.6. The predicted octanol–water partition coefficient (Wildman–Crippen LogP) is 7.45. The van der Waals surface area contributed by atoms with Crippen LogP contribution in [0.3, 0.4) is 0 Å². The van der Waals surface area contributed by atoms with Crippen LogP contribution in [0.1, 0.15) is 56.6 Å². The van der Waals surface area contributed by atoms with Gasteiger partial charge in [-0.1, -0.05) is 104 Å². The van der Waals surface area contributed by atoms with E-state index in [9.17, 15) is 24.3 Å². The second-order valence-corrected chi connectivity index (χ2v) is 17.0. The first-order chi connectivity index (χ1) is 32.2. The van der Waals surface area contributed by atoms with Gasteiger partial charge in [-0.15, -0.1) is 0 Å². The van der Waals surface area contributed by atoms with Crippen molar-refractivity contribution in [3.05, 3.63) is 156 Å². The number of aryl methyl sites for hydroxylation is 2. The summed E-state index contributed by atoms with van der Waals surface area (Å²) in [6.45, 7) is 12.6. The van der Waals surface area contributed by atoms with Crippen LogP contribution in [-0.4, -0.2) is 125 Å². The summed E-state index contributed by atoms with van der Waals surface area (Å²) in [4.78, 5) is 53.8. The van der Waals surface area contributed by atoms with Crippen LogP contribution in [-0.2, 0) is 28.6 Å². The molecule has 8 rings (SSSR count). The van der Waals surface area contributed by atoms with Crippen LogP contribution in [0, 0.1) is 13.8 Å². The number of carboxylic acids is 1. The van der Waals surface area contributed by atoms with Crippen molar-refractivity contribution in [2.75, 3.05) is 63.3 Å². The molecule has 2 atom stereocenters. The minimum absolute atomic E-state index is 0. The topological polar surface area (TPSA) is 174 Å². The van der Waals surface area contributed by atoms with Crippen molar-refractivity contribution < 1.29 is 38.5 Å². The van der Waals surface area contributed by atoms with Crippen molar-refractivity contribution in [3.8, 4) is 11.4 Å². The third-order valence-electron chi connectivity index (χ3n) is 10.9. The lowest BCUT2D eigenvalue weighted by atomic mass is 9.92. The van der Waals surface area contributed by atoms with Gasteiger partial charge in [0.25, 0.3) is 0 Å². The van der Waals surface area contributed by atoms with Crippen molar-refractivity contribution in [2.24, 2.45) is 0 Å². The van der Waals surface area contributed by atoms with Gasteiger partial charge in [0.15, 0.2) is 6.04 Å². The average Bonchev–Trinajstić information content (AvgIpc) is 3.94. The molecule has 1 amide bonds. The molecule has 0 aliphatic carbocycles. The van der Waals surface area contributed by atoms with E-state index in [1.54, 1.807) is 20.8 Å². The number of rotatable bonds is 9. The zero-order valence-corrected chi connectivity index (χ0v) is 39.1. The molecule has 2 fully saturated rings. The van der Waals surface area contributed by atoms with Gasteiger partial charge in [0.1, 0.15) is 29.2 Å². The number of hydrogen-bond acceptors (Lipinski definition) is 12. The van der Waals surface area contributed by atoms with Crippen LogP contribution in [0.25, 0.3) is 11.4 Å². The average molecular weight is 929 g/mol. The molecular weight excluding hydrogens is 865 g/mol. The zero-order chi connectivity index (χ0) is 48.1. The number of para-hydroxylation sites is 2. The van der Waals surface area contributed by atoms with Gasteiger partial charge in [0, 0.05) is 44.9 Å².